The first-order chi connectivity index (χ1) is 27.0. The fourth-order valence-electron chi connectivity index (χ4n) is 9.07. The van der Waals surface area contributed by atoms with E-state index in [-0.39, 0.29) is 5.41 Å². The topological polar surface area (TPSA) is 3.24 Å². The third-order valence-electron chi connectivity index (χ3n) is 11.9. The Morgan fingerprint density at radius 2 is 0.982 bits per heavy atom. The van der Waals surface area contributed by atoms with Gasteiger partial charge >= 0.3 is 0 Å². The Morgan fingerprint density at radius 3 is 1.82 bits per heavy atom. The molecule has 11 rings (SSSR count). The summed E-state index contributed by atoms with van der Waals surface area (Å²) in [7, 11) is 0. The van der Waals surface area contributed by atoms with Crippen LogP contribution >= 0.6 is 11.3 Å². The minimum Gasteiger partial charge on any atom is -0.310 e. The zero-order valence-electron chi connectivity index (χ0n) is 30.8. The van der Waals surface area contributed by atoms with Crippen LogP contribution in [0.25, 0.3) is 75.1 Å². The van der Waals surface area contributed by atoms with Crippen LogP contribution in [0.5, 0.6) is 0 Å². The van der Waals surface area contributed by atoms with Gasteiger partial charge in [-0.25, -0.2) is 0 Å². The van der Waals surface area contributed by atoms with Gasteiger partial charge in [0.1, 0.15) is 0 Å². The van der Waals surface area contributed by atoms with Crippen LogP contribution in [0.1, 0.15) is 25.0 Å². The van der Waals surface area contributed by atoms with Gasteiger partial charge in [0.25, 0.3) is 0 Å². The molecular formula is C53H37NS. The molecule has 0 amide bonds. The predicted molar refractivity (Wildman–Crippen MR) is 237 cm³/mol. The van der Waals surface area contributed by atoms with Crippen molar-refractivity contribution in [1.29, 1.82) is 0 Å². The Morgan fingerprint density at radius 1 is 0.382 bits per heavy atom. The highest BCUT2D eigenvalue weighted by molar-refractivity contribution is 7.26. The van der Waals surface area contributed by atoms with Crippen molar-refractivity contribution in [3.8, 4) is 33.4 Å². The number of rotatable bonds is 5. The second-order valence-corrected chi connectivity index (χ2v) is 16.4. The van der Waals surface area contributed by atoms with Crippen molar-refractivity contribution in [3.63, 3.8) is 0 Å². The molecule has 1 aliphatic carbocycles. The van der Waals surface area contributed by atoms with Crippen LogP contribution < -0.4 is 4.90 Å². The lowest BCUT2D eigenvalue weighted by molar-refractivity contribution is 0.660. The van der Waals surface area contributed by atoms with E-state index in [1.54, 1.807) is 0 Å². The average Bonchev–Trinajstić information content (AvgIpc) is 3.73. The Balaban J connectivity index is 1.02. The van der Waals surface area contributed by atoms with E-state index in [1.165, 1.54) is 86.2 Å². The van der Waals surface area contributed by atoms with E-state index >= 15 is 0 Å². The van der Waals surface area contributed by atoms with Gasteiger partial charge in [-0.2, -0.15) is 0 Å². The zero-order valence-corrected chi connectivity index (χ0v) is 31.6. The third-order valence-corrected chi connectivity index (χ3v) is 13.0. The quantitative estimate of drug-likeness (QED) is 0.171. The van der Waals surface area contributed by atoms with Crippen LogP contribution in [0, 0.1) is 0 Å². The molecule has 55 heavy (non-hydrogen) atoms. The Kier molecular flexibility index (Phi) is 7.14. The number of hydrogen-bond acceptors (Lipinski definition) is 2. The molecule has 0 radical (unpaired) electrons. The van der Waals surface area contributed by atoms with Gasteiger partial charge in [0.2, 0.25) is 0 Å². The molecule has 9 aromatic carbocycles. The molecule has 0 atom stereocenters. The third kappa shape index (κ3) is 5.06. The molecule has 0 spiro atoms. The van der Waals surface area contributed by atoms with Crippen LogP contribution in [0.4, 0.5) is 17.1 Å². The summed E-state index contributed by atoms with van der Waals surface area (Å²) in [5.74, 6) is 0. The minimum atomic E-state index is -0.0923. The van der Waals surface area contributed by atoms with Gasteiger partial charge in [-0.1, -0.05) is 147 Å². The number of fused-ring (bicyclic) bond motifs is 9. The summed E-state index contributed by atoms with van der Waals surface area (Å²) in [4.78, 5) is 2.41. The summed E-state index contributed by atoms with van der Waals surface area (Å²) in [6, 6.07) is 69.6. The largest absolute Gasteiger partial charge is 0.310 e. The molecule has 1 aromatic heterocycles. The highest BCUT2D eigenvalue weighted by Crippen LogP contribution is 2.51. The summed E-state index contributed by atoms with van der Waals surface area (Å²) in [5.41, 5.74) is 13.6. The fourth-order valence-corrected chi connectivity index (χ4v) is 10.2. The van der Waals surface area contributed by atoms with Crippen molar-refractivity contribution in [3.05, 3.63) is 199 Å². The van der Waals surface area contributed by atoms with Gasteiger partial charge in [0, 0.05) is 42.6 Å². The van der Waals surface area contributed by atoms with E-state index in [9.17, 15) is 0 Å². The molecule has 0 bridgehead atoms. The molecule has 10 aromatic rings. The number of hydrogen-bond donors (Lipinski definition) is 0. The van der Waals surface area contributed by atoms with E-state index in [2.05, 4.69) is 207 Å². The second-order valence-electron chi connectivity index (χ2n) is 15.3. The van der Waals surface area contributed by atoms with Crippen LogP contribution in [-0.4, -0.2) is 0 Å². The molecule has 1 nitrogen and oxygen atoms in total. The molecule has 0 fully saturated rings. The van der Waals surface area contributed by atoms with E-state index in [1.807, 2.05) is 11.3 Å². The summed E-state index contributed by atoms with van der Waals surface area (Å²) < 4.78 is 2.67. The predicted octanol–water partition coefficient (Wildman–Crippen LogP) is 15.5. The van der Waals surface area contributed by atoms with E-state index in [0.29, 0.717) is 0 Å². The maximum atomic E-state index is 2.42. The molecule has 1 heterocycles. The average molecular weight is 720 g/mol. The van der Waals surface area contributed by atoms with Crippen LogP contribution in [0.15, 0.2) is 188 Å². The zero-order chi connectivity index (χ0) is 36.7. The number of nitrogens with zero attached hydrogens (tertiary/aromatic N) is 1. The summed E-state index contributed by atoms with van der Waals surface area (Å²) in [6.45, 7) is 4.71. The van der Waals surface area contributed by atoms with Gasteiger partial charge in [-0.3, -0.25) is 0 Å². The van der Waals surface area contributed by atoms with Crippen molar-refractivity contribution in [2.24, 2.45) is 0 Å². The minimum absolute atomic E-state index is 0.0923. The molecule has 0 saturated heterocycles. The van der Waals surface area contributed by atoms with Crippen LogP contribution in [0.3, 0.4) is 0 Å². The van der Waals surface area contributed by atoms with Crippen molar-refractivity contribution in [2.45, 2.75) is 19.3 Å². The molecular weight excluding hydrogens is 683 g/mol. The van der Waals surface area contributed by atoms with Crippen molar-refractivity contribution < 1.29 is 0 Å². The lowest BCUT2D eigenvalue weighted by Crippen LogP contribution is -2.16. The standard InChI is InChI=1S/C53H37NS/c1-53(2)48-16-7-5-13-44(48)45-30-29-41(33-49(45)53)54(40-27-22-36(23-28-40)43-15-9-11-35-10-3-4-12-42(35)43)39-25-20-34(21-26-39)38-19-18-37-24-31-51-52(47(37)32-38)46-14-6-8-17-50(46)55-51/h3-33H,1-2H3. The first-order valence-electron chi connectivity index (χ1n) is 19.1. The summed E-state index contributed by atoms with van der Waals surface area (Å²) >= 11 is 1.88. The lowest BCUT2D eigenvalue weighted by Gasteiger charge is -2.28. The SMILES string of the molecule is CC1(C)c2ccccc2-c2ccc(N(c3ccc(-c4ccc5ccc6sc7ccccc7c6c5c4)cc3)c3ccc(-c4cccc5ccccc45)cc3)cc21. The molecule has 2 heteroatoms. The van der Waals surface area contributed by atoms with Crippen molar-refractivity contribution in [1.82, 2.24) is 0 Å². The second kappa shape index (κ2) is 12.3. The molecule has 1 aliphatic rings. The number of thiophene rings is 1. The van der Waals surface area contributed by atoms with Crippen molar-refractivity contribution in [2.75, 3.05) is 4.90 Å². The van der Waals surface area contributed by atoms with Crippen LogP contribution in [0.2, 0.25) is 0 Å². The Bertz CT molecular complexity index is 3110. The normalized spacial score (nSPS) is 13.1. The maximum Gasteiger partial charge on any atom is 0.0465 e. The monoisotopic (exact) mass is 719 g/mol. The Labute approximate surface area is 325 Å². The number of benzene rings is 9. The van der Waals surface area contributed by atoms with Gasteiger partial charge in [0.15, 0.2) is 0 Å². The highest BCUT2D eigenvalue weighted by Gasteiger charge is 2.35. The van der Waals surface area contributed by atoms with E-state index < -0.39 is 0 Å². The molecule has 260 valence electrons. The van der Waals surface area contributed by atoms with Gasteiger partial charge in [-0.05, 0) is 121 Å². The van der Waals surface area contributed by atoms with E-state index in [4.69, 9.17) is 0 Å². The summed E-state index contributed by atoms with van der Waals surface area (Å²) in [5, 5.41) is 7.81. The Hall–Kier alpha value is -6.48. The first kappa shape index (κ1) is 32.0. The van der Waals surface area contributed by atoms with E-state index in [0.717, 1.165) is 17.1 Å². The molecule has 0 saturated carbocycles. The number of anilines is 3. The summed E-state index contributed by atoms with van der Waals surface area (Å²) in [6.07, 6.45) is 0. The van der Waals surface area contributed by atoms with Gasteiger partial charge < -0.3 is 4.90 Å². The molecule has 0 aliphatic heterocycles. The van der Waals surface area contributed by atoms with Gasteiger partial charge in [-0.15, -0.1) is 11.3 Å². The maximum absolute atomic E-state index is 2.42. The highest BCUT2D eigenvalue weighted by atomic mass is 32.1. The van der Waals surface area contributed by atoms with Crippen molar-refractivity contribution >= 4 is 70.1 Å². The fraction of sp³-hybridized carbons (Fsp3) is 0.0566. The lowest BCUT2D eigenvalue weighted by atomic mass is 9.82. The smallest absolute Gasteiger partial charge is 0.0465 e. The molecule has 0 unspecified atom stereocenters. The van der Waals surface area contributed by atoms with Gasteiger partial charge in [0.05, 0.1) is 0 Å². The van der Waals surface area contributed by atoms with Crippen LogP contribution in [-0.2, 0) is 5.41 Å². The molecule has 0 N–H and O–H groups in total. The first-order valence-corrected chi connectivity index (χ1v) is 19.9.